The summed E-state index contributed by atoms with van der Waals surface area (Å²) >= 11 is 7.58. The quantitative estimate of drug-likeness (QED) is 0.819. The summed E-state index contributed by atoms with van der Waals surface area (Å²) in [6, 6.07) is 7.27. The van der Waals surface area contributed by atoms with E-state index in [9.17, 15) is 4.79 Å². The van der Waals surface area contributed by atoms with Crippen LogP contribution in [0.2, 0.25) is 5.15 Å². The highest BCUT2D eigenvalue weighted by Crippen LogP contribution is 2.26. The Morgan fingerprint density at radius 3 is 2.71 bits per heavy atom. The predicted octanol–water partition coefficient (Wildman–Crippen LogP) is 3.97. The van der Waals surface area contributed by atoms with Gasteiger partial charge in [0.2, 0.25) is 0 Å². The van der Waals surface area contributed by atoms with Gasteiger partial charge in [-0.25, -0.2) is 4.98 Å². The SMILES string of the molecule is CNc1cc(C(=O)NC(c2cccs2)C(C)C)cc(Cl)n1. The van der Waals surface area contributed by atoms with Gasteiger partial charge in [-0.3, -0.25) is 4.79 Å². The number of carbonyl (C=O) groups excluding carboxylic acids is 1. The highest BCUT2D eigenvalue weighted by atomic mass is 35.5. The van der Waals surface area contributed by atoms with E-state index >= 15 is 0 Å². The van der Waals surface area contributed by atoms with Gasteiger partial charge >= 0.3 is 0 Å². The smallest absolute Gasteiger partial charge is 0.252 e. The standard InChI is InChI=1S/C15H18ClN3OS/c1-9(2)14(11-5-4-6-21-11)19-15(20)10-7-12(16)18-13(8-10)17-3/h4-9,14H,1-3H3,(H,17,18)(H,19,20). The number of thiophene rings is 1. The van der Waals surface area contributed by atoms with E-state index in [4.69, 9.17) is 11.6 Å². The molecule has 2 aromatic heterocycles. The minimum atomic E-state index is -0.150. The maximum atomic E-state index is 12.5. The third-order valence-electron chi connectivity index (χ3n) is 3.12. The van der Waals surface area contributed by atoms with Crippen molar-refractivity contribution in [3.8, 4) is 0 Å². The number of aromatic nitrogens is 1. The topological polar surface area (TPSA) is 54.0 Å². The van der Waals surface area contributed by atoms with Crippen LogP contribution in [0.25, 0.3) is 0 Å². The molecule has 0 saturated carbocycles. The lowest BCUT2D eigenvalue weighted by Crippen LogP contribution is -2.31. The lowest BCUT2D eigenvalue weighted by atomic mass is 10.0. The Bertz CT molecular complexity index is 613. The molecule has 1 atom stereocenters. The normalized spacial score (nSPS) is 12.2. The molecule has 4 nitrogen and oxygen atoms in total. The molecule has 112 valence electrons. The number of nitrogens with one attached hydrogen (secondary N) is 2. The van der Waals surface area contributed by atoms with Crippen molar-refractivity contribution >= 4 is 34.7 Å². The first-order valence-electron chi connectivity index (χ1n) is 6.71. The molecule has 0 bridgehead atoms. The predicted molar refractivity (Wildman–Crippen MR) is 88.2 cm³/mol. The highest BCUT2D eigenvalue weighted by molar-refractivity contribution is 7.10. The number of pyridine rings is 1. The van der Waals surface area contributed by atoms with E-state index in [1.54, 1.807) is 30.5 Å². The number of carbonyl (C=O) groups is 1. The van der Waals surface area contributed by atoms with Crippen LogP contribution in [0.5, 0.6) is 0 Å². The zero-order valence-electron chi connectivity index (χ0n) is 12.2. The monoisotopic (exact) mass is 323 g/mol. The van der Waals surface area contributed by atoms with Crippen LogP contribution in [-0.4, -0.2) is 17.9 Å². The molecule has 1 unspecified atom stereocenters. The van der Waals surface area contributed by atoms with Gasteiger partial charge < -0.3 is 10.6 Å². The van der Waals surface area contributed by atoms with E-state index in [1.165, 1.54) is 0 Å². The molecule has 0 saturated heterocycles. The lowest BCUT2D eigenvalue weighted by molar-refractivity contribution is 0.0926. The average molecular weight is 324 g/mol. The minimum Gasteiger partial charge on any atom is -0.373 e. The van der Waals surface area contributed by atoms with Gasteiger partial charge in [-0.15, -0.1) is 11.3 Å². The summed E-state index contributed by atoms with van der Waals surface area (Å²) in [6.07, 6.45) is 0. The van der Waals surface area contributed by atoms with Crippen molar-refractivity contribution in [2.75, 3.05) is 12.4 Å². The van der Waals surface area contributed by atoms with E-state index in [0.717, 1.165) is 4.88 Å². The summed E-state index contributed by atoms with van der Waals surface area (Å²) in [6.45, 7) is 4.17. The Kier molecular flexibility index (Phi) is 5.20. The van der Waals surface area contributed by atoms with Crippen molar-refractivity contribution in [3.63, 3.8) is 0 Å². The molecule has 6 heteroatoms. The molecule has 0 aliphatic carbocycles. The molecule has 0 aliphatic rings. The molecule has 0 fully saturated rings. The summed E-state index contributed by atoms with van der Waals surface area (Å²) in [7, 11) is 1.74. The average Bonchev–Trinajstić information content (AvgIpc) is 2.97. The summed E-state index contributed by atoms with van der Waals surface area (Å²) in [5.41, 5.74) is 0.501. The lowest BCUT2D eigenvalue weighted by Gasteiger charge is -2.21. The fourth-order valence-corrected chi connectivity index (χ4v) is 3.17. The second-order valence-corrected chi connectivity index (χ2v) is 6.39. The fourth-order valence-electron chi connectivity index (χ4n) is 2.02. The van der Waals surface area contributed by atoms with Crippen LogP contribution in [0.1, 0.15) is 35.1 Å². The Morgan fingerprint density at radius 2 is 2.14 bits per heavy atom. The van der Waals surface area contributed by atoms with Gasteiger partial charge in [-0.2, -0.15) is 0 Å². The Labute approximate surface area is 133 Å². The van der Waals surface area contributed by atoms with Crippen LogP contribution in [0, 0.1) is 5.92 Å². The molecular formula is C15H18ClN3OS. The van der Waals surface area contributed by atoms with Crippen LogP contribution >= 0.6 is 22.9 Å². The zero-order valence-corrected chi connectivity index (χ0v) is 13.8. The number of nitrogens with zero attached hydrogens (tertiary/aromatic N) is 1. The van der Waals surface area contributed by atoms with Crippen molar-refractivity contribution in [3.05, 3.63) is 45.2 Å². The van der Waals surface area contributed by atoms with E-state index in [-0.39, 0.29) is 11.9 Å². The number of rotatable bonds is 5. The van der Waals surface area contributed by atoms with E-state index < -0.39 is 0 Å². The molecule has 0 radical (unpaired) electrons. The van der Waals surface area contributed by atoms with Gasteiger partial charge in [0.05, 0.1) is 6.04 Å². The van der Waals surface area contributed by atoms with Crippen LogP contribution in [0.3, 0.4) is 0 Å². The van der Waals surface area contributed by atoms with E-state index in [0.29, 0.717) is 22.5 Å². The van der Waals surface area contributed by atoms with Gasteiger partial charge in [-0.05, 0) is 29.5 Å². The van der Waals surface area contributed by atoms with Crippen LogP contribution in [0.4, 0.5) is 5.82 Å². The first kappa shape index (κ1) is 15.8. The maximum absolute atomic E-state index is 12.5. The molecule has 1 amide bonds. The molecule has 21 heavy (non-hydrogen) atoms. The van der Waals surface area contributed by atoms with Crippen molar-refractivity contribution in [2.24, 2.45) is 5.92 Å². The van der Waals surface area contributed by atoms with E-state index in [1.807, 2.05) is 17.5 Å². The number of hydrogen-bond acceptors (Lipinski definition) is 4. The van der Waals surface area contributed by atoms with Gasteiger partial charge in [0, 0.05) is 17.5 Å². The van der Waals surface area contributed by atoms with Crippen molar-refractivity contribution in [2.45, 2.75) is 19.9 Å². The maximum Gasteiger partial charge on any atom is 0.252 e. The first-order valence-corrected chi connectivity index (χ1v) is 7.96. The zero-order chi connectivity index (χ0) is 15.4. The number of anilines is 1. The molecule has 0 aliphatic heterocycles. The van der Waals surface area contributed by atoms with Gasteiger partial charge in [0.25, 0.3) is 5.91 Å². The second-order valence-electron chi connectivity index (χ2n) is 5.02. The van der Waals surface area contributed by atoms with Crippen LogP contribution < -0.4 is 10.6 Å². The summed E-state index contributed by atoms with van der Waals surface area (Å²) in [4.78, 5) is 17.7. The Balaban J connectivity index is 2.21. The third kappa shape index (κ3) is 3.95. The van der Waals surface area contributed by atoms with Gasteiger partial charge in [0.15, 0.2) is 0 Å². The van der Waals surface area contributed by atoms with Crippen molar-refractivity contribution in [1.82, 2.24) is 10.3 Å². The first-order chi connectivity index (χ1) is 10.0. The fraction of sp³-hybridized carbons (Fsp3) is 0.333. The Hall–Kier alpha value is -1.59. The van der Waals surface area contributed by atoms with Crippen LogP contribution in [-0.2, 0) is 0 Å². The Morgan fingerprint density at radius 1 is 1.38 bits per heavy atom. The molecule has 2 rings (SSSR count). The van der Waals surface area contributed by atoms with Crippen LogP contribution in [0.15, 0.2) is 29.6 Å². The van der Waals surface area contributed by atoms with Crippen molar-refractivity contribution < 1.29 is 4.79 Å². The number of halogens is 1. The molecule has 0 aromatic carbocycles. The third-order valence-corrected chi connectivity index (χ3v) is 4.26. The van der Waals surface area contributed by atoms with Crippen molar-refractivity contribution in [1.29, 1.82) is 0 Å². The summed E-state index contributed by atoms with van der Waals surface area (Å²) in [5, 5.41) is 8.27. The molecular weight excluding hydrogens is 306 g/mol. The molecule has 2 heterocycles. The van der Waals surface area contributed by atoms with Gasteiger partial charge in [0.1, 0.15) is 11.0 Å². The summed E-state index contributed by atoms with van der Waals surface area (Å²) < 4.78 is 0. The molecule has 2 N–H and O–H groups in total. The molecule has 2 aromatic rings. The van der Waals surface area contributed by atoms with Gasteiger partial charge in [-0.1, -0.05) is 31.5 Å². The largest absolute Gasteiger partial charge is 0.373 e. The number of hydrogen-bond donors (Lipinski definition) is 2. The number of amides is 1. The van der Waals surface area contributed by atoms with E-state index in [2.05, 4.69) is 29.5 Å². The highest BCUT2D eigenvalue weighted by Gasteiger charge is 2.20. The summed E-state index contributed by atoms with van der Waals surface area (Å²) in [5.74, 6) is 0.724. The second kappa shape index (κ2) is 6.91. The minimum absolute atomic E-state index is 0.0116. The molecule has 0 spiro atoms.